The van der Waals surface area contributed by atoms with Crippen LogP contribution >= 0.6 is 0 Å². The normalized spacial score (nSPS) is 30.6. The molecule has 3 fully saturated rings. The highest BCUT2D eigenvalue weighted by atomic mass is 16.5. The molecule has 2 aromatic rings. The van der Waals surface area contributed by atoms with Crippen LogP contribution < -0.4 is 5.32 Å². The number of rotatable bonds is 6. The van der Waals surface area contributed by atoms with Gasteiger partial charge in [0.05, 0.1) is 17.4 Å². The first-order valence-corrected chi connectivity index (χ1v) is 10.7. The van der Waals surface area contributed by atoms with Crippen LogP contribution in [-0.4, -0.2) is 51.9 Å². The lowest BCUT2D eigenvalue weighted by molar-refractivity contribution is -0.122. The maximum absolute atomic E-state index is 12.4. The fourth-order valence-electron chi connectivity index (χ4n) is 5.69. The number of benzene rings is 1. The molecule has 6 nitrogen and oxygen atoms in total. The molecule has 1 aromatic heterocycles. The monoisotopic (exact) mass is 394 g/mol. The van der Waals surface area contributed by atoms with Crippen LogP contribution in [0.15, 0.2) is 36.5 Å². The summed E-state index contributed by atoms with van der Waals surface area (Å²) < 4.78 is 8.24. The van der Waals surface area contributed by atoms with Crippen LogP contribution in [0.25, 0.3) is 0 Å². The van der Waals surface area contributed by atoms with Gasteiger partial charge < -0.3 is 10.1 Å². The second-order valence-corrected chi connectivity index (χ2v) is 9.08. The molecule has 0 aliphatic carbocycles. The number of carbonyl (C=O) groups is 1. The highest BCUT2D eigenvalue weighted by molar-refractivity contribution is 5.75. The standard InChI is InChI=1S/C23H30N4O2/c1-16-5-3-4-6-18(16)12-26-13-20-19(21-7-9-23(20,15-26)29-21)11-24-22(28)14-27-10-8-17(2)25-27/h3-6,8,10,19-21H,7,9,11-15H2,1-2H3,(H,24,28)/t19-,20+,21+,23+/m0/s1. The van der Waals surface area contributed by atoms with Gasteiger partial charge in [-0.25, -0.2) is 0 Å². The van der Waals surface area contributed by atoms with Crippen molar-refractivity contribution in [3.63, 3.8) is 0 Å². The molecular weight excluding hydrogens is 364 g/mol. The summed E-state index contributed by atoms with van der Waals surface area (Å²) in [6.07, 6.45) is 4.43. The summed E-state index contributed by atoms with van der Waals surface area (Å²) in [6, 6.07) is 10.6. The van der Waals surface area contributed by atoms with Gasteiger partial charge in [-0.3, -0.25) is 14.4 Å². The number of nitrogens with zero attached hydrogens (tertiary/aromatic N) is 3. The van der Waals surface area contributed by atoms with Gasteiger partial charge in [-0.05, 0) is 43.9 Å². The Kier molecular flexibility index (Phi) is 4.71. The summed E-state index contributed by atoms with van der Waals surface area (Å²) in [6.45, 7) is 8.16. The molecule has 1 spiro atoms. The van der Waals surface area contributed by atoms with Crippen molar-refractivity contribution in [2.45, 2.75) is 51.5 Å². The van der Waals surface area contributed by atoms with Gasteiger partial charge in [0.1, 0.15) is 6.54 Å². The highest BCUT2D eigenvalue weighted by Gasteiger charge is 2.62. The maximum Gasteiger partial charge on any atom is 0.241 e. The van der Waals surface area contributed by atoms with Crippen LogP contribution in [0.2, 0.25) is 0 Å². The molecule has 6 heteroatoms. The van der Waals surface area contributed by atoms with Crippen molar-refractivity contribution in [1.82, 2.24) is 20.0 Å². The number of carbonyl (C=O) groups excluding carboxylic acids is 1. The quantitative estimate of drug-likeness (QED) is 0.817. The Morgan fingerprint density at radius 2 is 2.17 bits per heavy atom. The third-order valence-corrected chi connectivity index (χ3v) is 7.12. The summed E-state index contributed by atoms with van der Waals surface area (Å²) in [5, 5.41) is 7.45. The Balaban J connectivity index is 1.21. The molecule has 4 heterocycles. The van der Waals surface area contributed by atoms with Crippen LogP contribution in [0.4, 0.5) is 0 Å². The van der Waals surface area contributed by atoms with E-state index in [4.69, 9.17) is 4.74 Å². The number of hydrogen-bond donors (Lipinski definition) is 1. The number of aryl methyl sites for hydroxylation is 2. The van der Waals surface area contributed by atoms with Gasteiger partial charge in [0.25, 0.3) is 0 Å². The number of fused-ring (bicyclic) bond motifs is 1. The third-order valence-electron chi connectivity index (χ3n) is 7.12. The van der Waals surface area contributed by atoms with Crippen LogP contribution in [0, 0.1) is 25.7 Å². The average molecular weight is 395 g/mol. The van der Waals surface area contributed by atoms with Gasteiger partial charge in [-0.1, -0.05) is 24.3 Å². The fourth-order valence-corrected chi connectivity index (χ4v) is 5.69. The van der Waals surface area contributed by atoms with Crippen molar-refractivity contribution in [3.8, 4) is 0 Å². The molecule has 0 radical (unpaired) electrons. The second kappa shape index (κ2) is 7.26. The Morgan fingerprint density at radius 3 is 2.97 bits per heavy atom. The first-order chi connectivity index (χ1) is 14.0. The minimum atomic E-state index is 0.00183. The van der Waals surface area contributed by atoms with Gasteiger partial charge in [0, 0.05) is 44.2 Å². The summed E-state index contributed by atoms with van der Waals surface area (Å²) >= 11 is 0. The zero-order valence-corrected chi connectivity index (χ0v) is 17.3. The van der Waals surface area contributed by atoms with E-state index in [2.05, 4.69) is 46.5 Å². The van der Waals surface area contributed by atoms with E-state index in [-0.39, 0.29) is 18.1 Å². The lowest BCUT2D eigenvalue weighted by Crippen LogP contribution is -2.42. The zero-order valence-electron chi connectivity index (χ0n) is 17.3. The lowest BCUT2D eigenvalue weighted by Gasteiger charge is -2.29. The van der Waals surface area contributed by atoms with Crippen LogP contribution in [-0.2, 0) is 22.6 Å². The average Bonchev–Trinajstić information content (AvgIpc) is 3.43. The van der Waals surface area contributed by atoms with E-state index >= 15 is 0 Å². The summed E-state index contributed by atoms with van der Waals surface area (Å²) in [4.78, 5) is 14.9. The van der Waals surface area contributed by atoms with E-state index in [0.717, 1.165) is 38.2 Å². The minimum Gasteiger partial charge on any atom is -0.370 e. The van der Waals surface area contributed by atoms with Crippen molar-refractivity contribution in [3.05, 3.63) is 53.3 Å². The van der Waals surface area contributed by atoms with Crippen LogP contribution in [0.1, 0.15) is 29.7 Å². The number of ether oxygens (including phenoxy) is 1. The molecule has 5 rings (SSSR count). The Hall–Kier alpha value is -2.18. The first-order valence-electron chi connectivity index (χ1n) is 10.7. The van der Waals surface area contributed by atoms with Gasteiger partial charge in [0.15, 0.2) is 0 Å². The molecule has 3 aliphatic heterocycles. The van der Waals surface area contributed by atoms with E-state index < -0.39 is 0 Å². The predicted molar refractivity (Wildman–Crippen MR) is 110 cm³/mol. The fraction of sp³-hybridized carbons (Fsp3) is 0.565. The summed E-state index contributed by atoms with van der Waals surface area (Å²) in [5.74, 6) is 0.950. The van der Waals surface area contributed by atoms with Crippen LogP contribution in [0.3, 0.4) is 0 Å². The minimum absolute atomic E-state index is 0.00183. The molecule has 1 amide bonds. The Morgan fingerprint density at radius 1 is 1.31 bits per heavy atom. The Labute approximate surface area is 172 Å². The molecule has 0 unspecified atom stereocenters. The molecule has 3 saturated heterocycles. The molecule has 1 N–H and O–H groups in total. The SMILES string of the molecule is Cc1ccn(CC(=O)NC[C@H]2[C@H]3CN(Cc4ccccc4C)C[C@]34CC[C@H]2O4)n1. The molecule has 0 saturated carbocycles. The second-order valence-electron chi connectivity index (χ2n) is 9.08. The summed E-state index contributed by atoms with van der Waals surface area (Å²) in [7, 11) is 0. The Bertz CT molecular complexity index is 910. The van der Waals surface area contributed by atoms with E-state index in [9.17, 15) is 4.79 Å². The van der Waals surface area contributed by atoms with E-state index in [0.29, 0.717) is 24.5 Å². The largest absolute Gasteiger partial charge is 0.370 e. The number of likely N-dealkylation sites (tertiary alicyclic amines) is 1. The number of hydrogen-bond acceptors (Lipinski definition) is 4. The van der Waals surface area contributed by atoms with Crippen LogP contribution in [0.5, 0.6) is 0 Å². The molecule has 1 aromatic carbocycles. The van der Waals surface area contributed by atoms with E-state index in [1.165, 1.54) is 11.1 Å². The topological polar surface area (TPSA) is 59.4 Å². The van der Waals surface area contributed by atoms with Crippen molar-refractivity contribution in [1.29, 1.82) is 0 Å². The van der Waals surface area contributed by atoms with E-state index in [1.807, 2.05) is 19.2 Å². The lowest BCUT2D eigenvalue weighted by atomic mass is 9.73. The number of aromatic nitrogens is 2. The van der Waals surface area contributed by atoms with Crippen molar-refractivity contribution >= 4 is 5.91 Å². The molecule has 154 valence electrons. The van der Waals surface area contributed by atoms with Gasteiger partial charge >= 0.3 is 0 Å². The maximum atomic E-state index is 12.4. The molecule has 4 atom stereocenters. The highest BCUT2D eigenvalue weighted by Crippen LogP contribution is 2.54. The number of nitrogens with one attached hydrogen (secondary N) is 1. The third kappa shape index (κ3) is 3.49. The number of amides is 1. The van der Waals surface area contributed by atoms with Crippen molar-refractivity contribution < 1.29 is 9.53 Å². The predicted octanol–water partition coefficient (Wildman–Crippen LogP) is 2.30. The molecule has 3 aliphatic rings. The molecule has 2 bridgehead atoms. The van der Waals surface area contributed by atoms with Gasteiger partial charge in [-0.2, -0.15) is 5.10 Å². The zero-order chi connectivity index (χ0) is 20.0. The van der Waals surface area contributed by atoms with E-state index in [1.54, 1.807) is 4.68 Å². The van der Waals surface area contributed by atoms with Crippen molar-refractivity contribution in [2.75, 3.05) is 19.6 Å². The van der Waals surface area contributed by atoms with Gasteiger partial charge in [-0.15, -0.1) is 0 Å². The smallest absolute Gasteiger partial charge is 0.241 e. The molecule has 29 heavy (non-hydrogen) atoms. The van der Waals surface area contributed by atoms with Gasteiger partial charge in [0.2, 0.25) is 5.91 Å². The summed E-state index contributed by atoms with van der Waals surface area (Å²) in [5.41, 5.74) is 3.69. The van der Waals surface area contributed by atoms with Crippen molar-refractivity contribution in [2.24, 2.45) is 11.8 Å². The first kappa shape index (κ1) is 18.8. The molecular formula is C23H30N4O2.